The minimum atomic E-state index is -3.86. The Bertz CT molecular complexity index is 534. The van der Waals surface area contributed by atoms with Crippen LogP contribution < -0.4 is 4.74 Å². The molecular weight excluding hydrogens is 294 g/mol. The van der Waals surface area contributed by atoms with E-state index in [0.717, 1.165) is 4.31 Å². The van der Waals surface area contributed by atoms with Crippen LogP contribution in [0.15, 0.2) is 23.1 Å². The van der Waals surface area contributed by atoms with Gasteiger partial charge < -0.3 is 14.9 Å². The van der Waals surface area contributed by atoms with Crippen molar-refractivity contribution in [1.29, 1.82) is 0 Å². The molecule has 0 aromatic heterocycles. The van der Waals surface area contributed by atoms with Crippen molar-refractivity contribution >= 4 is 21.6 Å². The molecule has 0 fully saturated rings. The number of hydrogen-bond acceptors (Lipinski definition) is 5. The second-order valence-electron chi connectivity index (χ2n) is 3.92. The number of nitrogens with zero attached hydrogens (tertiary/aromatic N) is 1. The van der Waals surface area contributed by atoms with E-state index >= 15 is 0 Å². The molecule has 0 amide bonds. The summed E-state index contributed by atoms with van der Waals surface area (Å²) in [6, 6.07) is 4.24. The highest BCUT2D eigenvalue weighted by atomic mass is 35.5. The summed E-state index contributed by atoms with van der Waals surface area (Å²) in [5, 5.41) is 18.3. The van der Waals surface area contributed by atoms with Crippen LogP contribution in [0, 0.1) is 0 Å². The molecule has 0 saturated carbocycles. The summed E-state index contributed by atoms with van der Waals surface area (Å²) < 4.78 is 30.5. The molecule has 0 bridgehead atoms. The Balaban J connectivity index is 3.16. The predicted molar refractivity (Wildman–Crippen MR) is 70.9 cm³/mol. The number of ether oxygens (including phenoxy) is 1. The molecule has 0 saturated heterocycles. The topological polar surface area (TPSA) is 87.1 Å². The second-order valence-corrected chi connectivity index (χ2v) is 6.37. The molecule has 6 nitrogen and oxygen atoms in total. The van der Waals surface area contributed by atoms with Gasteiger partial charge in [0.15, 0.2) is 0 Å². The van der Waals surface area contributed by atoms with E-state index in [1.54, 1.807) is 0 Å². The van der Waals surface area contributed by atoms with E-state index in [9.17, 15) is 13.5 Å². The van der Waals surface area contributed by atoms with Gasteiger partial charge >= 0.3 is 0 Å². The Morgan fingerprint density at radius 2 is 2.11 bits per heavy atom. The van der Waals surface area contributed by atoms with Gasteiger partial charge in [0.1, 0.15) is 10.6 Å². The summed E-state index contributed by atoms with van der Waals surface area (Å²) >= 11 is 5.79. The Morgan fingerprint density at radius 3 is 2.63 bits per heavy atom. The summed E-state index contributed by atoms with van der Waals surface area (Å²) in [5.74, 6) is 0.162. The molecule has 19 heavy (non-hydrogen) atoms. The van der Waals surface area contributed by atoms with Crippen LogP contribution in [0.5, 0.6) is 5.75 Å². The van der Waals surface area contributed by atoms with Gasteiger partial charge in [0.2, 0.25) is 10.0 Å². The Morgan fingerprint density at radius 1 is 1.47 bits per heavy atom. The average molecular weight is 310 g/mol. The molecule has 1 aromatic rings. The first kappa shape index (κ1) is 16.2. The van der Waals surface area contributed by atoms with Crippen LogP contribution in [0.25, 0.3) is 0 Å². The van der Waals surface area contributed by atoms with Gasteiger partial charge in [-0.25, -0.2) is 8.42 Å². The molecule has 0 aliphatic carbocycles. The Labute approximate surface area is 117 Å². The lowest BCUT2D eigenvalue weighted by Gasteiger charge is -2.20. The highest BCUT2D eigenvalue weighted by Crippen LogP contribution is 2.29. The van der Waals surface area contributed by atoms with Gasteiger partial charge in [-0.05, 0) is 18.2 Å². The minimum absolute atomic E-state index is 0.0878. The van der Waals surface area contributed by atoms with Crippen molar-refractivity contribution in [1.82, 2.24) is 4.31 Å². The lowest BCUT2D eigenvalue weighted by molar-refractivity contribution is 0.0825. The first-order valence-electron chi connectivity index (χ1n) is 5.41. The third-order valence-electron chi connectivity index (χ3n) is 2.49. The normalized spacial score (nSPS) is 13.6. The van der Waals surface area contributed by atoms with Gasteiger partial charge in [-0.2, -0.15) is 4.31 Å². The number of methoxy groups -OCH3 is 1. The summed E-state index contributed by atoms with van der Waals surface area (Å²) in [5.41, 5.74) is 0. The highest BCUT2D eigenvalue weighted by Gasteiger charge is 2.26. The van der Waals surface area contributed by atoms with E-state index in [4.69, 9.17) is 21.4 Å². The van der Waals surface area contributed by atoms with Crippen molar-refractivity contribution in [2.45, 2.75) is 11.0 Å². The summed E-state index contributed by atoms with van der Waals surface area (Å²) in [7, 11) is -1.20. The number of aliphatic hydroxyl groups is 2. The van der Waals surface area contributed by atoms with Crippen LogP contribution in [0.1, 0.15) is 0 Å². The van der Waals surface area contributed by atoms with Crippen molar-refractivity contribution < 1.29 is 23.4 Å². The fourth-order valence-corrected chi connectivity index (χ4v) is 3.10. The van der Waals surface area contributed by atoms with Gasteiger partial charge in [0.05, 0.1) is 19.8 Å². The molecule has 0 radical (unpaired) electrons. The average Bonchev–Trinajstić information content (AvgIpc) is 2.38. The van der Waals surface area contributed by atoms with Crippen molar-refractivity contribution in [3.63, 3.8) is 0 Å². The maximum absolute atomic E-state index is 12.3. The molecule has 1 aromatic carbocycles. The van der Waals surface area contributed by atoms with E-state index < -0.39 is 22.7 Å². The molecule has 1 rings (SSSR count). The zero-order valence-electron chi connectivity index (χ0n) is 10.6. The summed E-state index contributed by atoms with van der Waals surface area (Å²) in [6.45, 7) is -0.749. The summed E-state index contributed by atoms with van der Waals surface area (Å²) in [4.78, 5) is -0.0878. The third kappa shape index (κ3) is 3.80. The zero-order chi connectivity index (χ0) is 14.6. The van der Waals surface area contributed by atoms with Crippen molar-refractivity contribution in [2.75, 3.05) is 27.3 Å². The smallest absolute Gasteiger partial charge is 0.246 e. The molecule has 0 spiro atoms. The fourth-order valence-electron chi connectivity index (χ4n) is 1.47. The first-order chi connectivity index (χ1) is 8.82. The van der Waals surface area contributed by atoms with Crippen molar-refractivity contribution in [3.8, 4) is 5.75 Å². The maximum atomic E-state index is 12.3. The lowest BCUT2D eigenvalue weighted by atomic mass is 10.3. The van der Waals surface area contributed by atoms with Gasteiger partial charge in [0, 0.05) is 18.6 Å². The van der Waals surface area contributed by atoms with E-state index in [-0.39, 0.29) is 22.2 Å². The van der Waals surface area contributed by atoms with Gasteiger partial charge in [-0.15, -0.1) is 0 Å². The lowest BCUT2D eigenvalue weighted by Crippen LogP contribution is -2.36. The highest BCUT2D eigenvalue weighted by molar-refractivity contribution is 7.89. The van der Waals surface area contributed by atoms with E-state index in [1.165, 1.54) is 32.4 Å². The predicted octanol–water partition coefficient (Wildman–Crippen LogP) is 0.322. The number of halogens is 1. The van der Waals surface area contributed by atoms with Gasteiger partial charge in [0.25, 0.3) is 0 Å². The molecule has 8 heteroatoms. The van der Waals surface area contributed by atoms with Crippen LogP contribution in [0.2, 0.25) is 5.02 Å². The van der Waals surface area contributed by atoms with Crippen LogP contribution in [0.3, 0.4) is 0 Å². The fraction of sp³-hybridized carbons (Fsp3) is 0.455. The third-order valence-corrected chi connectivity index (χ3v) is 4.57. The van der Waals surface area contributed by atoms with E-state index in [0.29, 0.717) is 0 Å². The van der Waals surface area contributed by atoms with E-state index in [1.807, 2.05) is 0 Å². The van der Waals surface area contributed by atoms with Crippen LogP contribution in [-0.4, -0.2) is 56.3 Å². The molecule has 0 aliphatic rings. The molecular formula is C11H16ClNO5S. The molecule has 1 atom stereocenters. The minimum Gasteiger partial charge on any atom is -0.495 e. The molecule has 2 N–H and O–H groups in total. The number of likely N-dealkylation sites (N-methyl/N-ethyl adjacent to an activating group) is 1. The maximum Gasteiger partial charge on any atom is 0.246 e. The number of sulfonamides is 1. The molecule has 0 aliphatic heterocycles. The standard InChI is InChI=1S/C11H16ClNO5S/c1-13(6-9(15)7-14)19(16,17)11-5-8(12)3-4-10(11)18-2/h3-5,9,14-15H,6-7H2,1-2H3. The Hall–Kier alpha value is -0.860. The molecule has 0 heterocycles. The SMILES string of the molecule is COc1ccc(Cl)cc1S(=O)(=O)N(C)CC(O)CO. The largest absolute Gasteiger partial charge is 0.495 e. The number of benzene rings is 1. The Kier molecular flexibility index (Phi) is 5.57. The number of aliphatic hydroxyl groups excluding tert-OH is 2. The van der Waals surface area contributed by atoms with Gasteiger partial charge in [-0.3, -0.25) is 0 Å². The monoisotopic (exact) mass is 309 g/mol. The second kappa shape index (κ2) is 6.53. The van der Waals surface area contributed by atoms with Crippen molar-refractivity contribution in [3.05, 3.63) is 23.2 Å². The van der Waals surface area contributed by atoms with Crippen molar-refractivity contribution in [2.24, 2.45) is 0 Å². The molecule has 108 valence electrons. The van der Waals surface area contributed by atoms with E-state index in [2.05, 4.69) is 0 Å². The first-order valence-corrected chi connectivity index (χ1v) is 7.23. The quantitative estimate of drug-likeness (QED) is 0.790. The number of hydrogen-bond donors (Lipinski definition) is 2. The summed E-state index contributed by atoms with van der Waals surface area (Å²) in [6.07, 6.45) is -1.15. The number of rotatable bonds is 6. The van der Waals surface area contributed by atoms with Crippen LogP contribution in [-0.2, 0) is 10.0 Å². The molecule has 1 unspecified atom stereocenters. The van der Waals surface area contributed by atoms with Gasteiger partial charge in [-0.1, -0.05) is 11.6 Å². The van der Waals surface area contributed by atoms with Crippen LogP contribution >= 0.6 is 11.6 Å². The zero-order valence-corrected chi connectivity index (χ0v) is 12.1. The van der Waals surface area contributed by atoms with Crippen LogP contribution in [0.4, 0.5) is 0 Å².